The van der Waals surface area contributed by atoms with Crippen LogP contribution in [0.1, 0.15) is 49.7 Å². The highest BCUT2D eigenvalue weighted by molar-refractivity contribution is 6.43. The van der Waals surface area contributed by atoms with E-state index in [4.69, 9.17) is 28.6 Å². The summed E-state index contributed by atoms with van der Waals surface area (Å²) in [6.07, 6.45) is 6.86. The second-order valence-corrected chi connectivity index (χ2v) is 10.5. The molecule has 1 amide bonds. The minimum absolute atomic E-state index is 0.119. The molecule has 3 rings (SSSR count). The topological polar surface area (TPSA) is 80.6 Å². The standard InChI is InChI=1S/C29H37Cl2N5O/c1-33-18-16-29(14-7-8-15-29)17-19-36(3)28(37)24(27(32)34-2)26(22-12-9-13-23(30)25(22)31)35-20-21-10-5-4-6-11-21/h4-6,9-13,32-33,35H,2,7-8,14-20H2,1,3H3/b26-24+,32-27?. The van der Waals surface area contributed by atoms with Crippen molar-refractivity contribution < 1.29 is 4.79 Å². The fourth-order valence-corrected chi connectivity index (χ4v) is 5.44. The Morgan fingerprint density at radius 2 is 1.81 bits per heavy atom. The van der Waals surface area contributed by atoms with E-state index in [0.29, 0.717) is 34.4 Å². The lowest BCUT2D eigenvalue weighted by molar-refractivity contribution is -0.125. The van der Waals surface area contributed by atoms with E-state index < -0.39 is 0 Å². The van der Waals surface area contributed by atoms with E-state index in [2.05, 4.69) is 22.3 Å². The van der Waals surface area contributed by atoms with Gasteiger partial charge < -0.3 is 15.5 Å². The summed E-state index contributed by atoms with van der Waals surface area (Å²) >= 11 is 12.9. The maximum atomic E-state index is 13.9. The number of amidine groups is 1. The van der Waals surface area contributed by atoms with Crippen LogP contribution in [0.15, 0.2) is 59.1 Å². The lowest BCUT2D eigenvalue weighted by Gasteiger charge is -2.31. The molecule has 0 aromatic heterocycles. The zero-order valence-corrected chi connectivity index (χ0v) is 23.3. The number of aliphatic imine (C=N–C) groups is 1. The van der Waals surface area contributed by atoms with Gasteiger partial charge in [-0.3, -0.25) is 10.2 Å². The number of rotatable bonds is 12. The first kappa shape index (κ1) is 28.9. The molecule has 0 atom stereocenters. The Morgan fingerprint density at radius 3 is 2.46 bits per heavy atom. The number of carbonyl (C=O) groups is 1. The predicted molar refractivity (Wildman–Crippen MR) is 156 cm³/mol. The summed E-state index contributed by atoms with van der Waals surface area (Å²) in [4.78, 5) is 19.4. The summed E-state index contributed by atoms with van der Waals surface area (Å²) in [5.74, 6) is -0.514. The van der Waals surface area contributed by atoms with E-state index in [1.165, 1.54) is 25.7 Å². The van der Waals surface area contributed by atoms with Gasteiger partial charge in [-0.15, -0.1) is 0 Å². The quantitative estimate of drug-likeness (QED) is 0.170. The smallest absolute Gasteiger partial charge is 0.259 e. The van der Waals surface area contributed by atoms with E-state index in [-0.39, 0.29) is 22.7 Å². The average molecular weight is 543 g/mol. The van der Waals surface area contributed by atoms with Crippen molar-refractivity contribution in [3.63, 3.8) is 0 Å². The van der Waals surface area contributed by atoms with Gasteiger partial charge in [0.2, 0.25) is 0 Å². The lowest BCUT2D eigenvalue weighted by Crippen LogP contribution is -2.36. The average Bonchev–Trinajstić information content (AvgIpc) is 3.39. The third-order valence-corrected chi connectivity index (χ3v) is 8.10. The minimum atomic E-state index is -0.300. The molecular formula is C29H37Cl2N5O. The first-order chi connectivity index (χ1) is 17.8. The molecule has 1 aliphatic rings. The maximum Gasteiger partial charge on any atom is 0.259 e. The van der Waals surface area contributed by atoms with Crippen molar-refractivity contribution >= 4 is 47.4 Å². The zero-order valence-electron chi connectivity index (χ0n) is 21.7. The van der Waals surface area contributed by atoms with Gasteiger partial charge in [0.05, 0.1) is 15.7 Å². The number of hydrogen-bond acceptors (Lipinski definition) is 4. The molecule has 1 aliphatic carbocycles. The second-order valence-electron chi connectivity index (χ2n) is 9.73. The Balaban J connectivity index is 1.97. The number of amides is 1. The van der Waals surface area contributed by atoms with E-state index in [1.54, 1.807) is 30.1 Å². The molecule has 2 aromatic carbocycles. The van der Waals surface area contributed by atoms with Crippen LogP contribution < -0.4 is 10.6 Å². The van der Waals surface area contributed by atoms with Crippen LogP contribution in [0, 0.1) is 10.8 Å². The van der Waals surface area contributed by atoms with Gasteiger partial charge in [-0.25, -0.2) is 4.99 Å². The SMILES string of the molecule is C=NC(=N)/C(C(=O)N(C)CCC1(CCNC)CCCC1)=C(\NCc1ccccc1)c1cccc(Cl)c1Cl. The molecule has 1 saturated carbocycles. The third kappa shape index (κ3) is 7.44. The number of nitrogens with one attached hydrogen (secondary N) is 3. The molecule has 3 N–H and O–H groups in total. The van der Waals surface area contributed by atoms with Crippen LogP contribution in [-0.4, -0.2) is 50.5 Å². The molecule has 6 nitrogen and oxygen atoms in total. The fourth-order valence-electron chi connectivity index (χ4n) is 5.04. The molecule has 8 heteroatoms. The van der Waals surface area contributed by atoms with Crippen LogP contribution in [0.5, 0.6) is 0 Å². The van der Waals surface area contributed by atoms with Gasteiger partial charge in [-0.05, 0) is 63.0 Å². The van der Waals surface area contributed by atoms with E-state index in [9.17, 15) is 4.79 Å². The first-order valence-electron chi connectivity index (χ1n) is 12.7. The Morgan fingerprint density at radius 1 is 1.11 bits per heavy atom. The molecule has 0 saturated heterocycles. The number of carbonyl (C=O) groups excluding carboxylic acids is 1. The van der Waals surface area contributed by atoms with E-state index >= 15 is 0 Å². The Bertz CT molecular complexity index is 1130. The fraction of sp³-hybridized carbons (Fsp3) is 0.414. The van der Waals surface area contributed by atoms with Crippen LogP contribution in [0.25, 0.3) is 5.70 Å². The Hall–Kier alpha value is -2.67. The van der Waals surface area contributed by atoms with Crippen molar-refractivity contribution in [2.75, 3.05) is 27.2 Å². The van der Waals surface area contributed by atoms with E-state index in [1.807, 2.05) is 37.4 Å². The van der Waals surface area contributed by atoms with Crippen molar-refractivity contribution in [2.45, 2.75) is 45.1 Å². The van der Waals surface area contributed by atoms with Gasteiger partial charge in [0, 0.05) is 25.7 Å². The predicted octanol–water partition coefficient (Wildman–Crippen LogP) is 6.19. The molecule has 0 radical (unpaired) electrons. The summed E-state index contributed by atoms with van der Waals surface area (Å²) in [5.41, 5.74) is 2.33. The van der Waals surface area contributed by atoms with Crippen LogP contribution in [0.4, 0.5) is 0 Å². The number of halogens is 2. The molecule has 1 fully saturated rings. The van der Waals surface area contributed by atoms with Crippen LogP contribution in [0.3, 0.4) is 0 Å². The molecule has 0 heterocycles. The molecule has 198 valence electrons. The highest BCUT2D eigenvalue weighted by Crippen LogP contribution is 2.44. The Kier molecular flexibility index (Phi) is 10.7. The molecule has 37 heavy (non-hydrogen) atoms. The highest BCUT2D eigenvalue weighted by Gasteiger charge is 2.34. The summed E-state index contributed by atoms with van der Waals surface area (Å²) in [5, 5.41) is 15.9. The Labute approximate surface area is 230 Å². The summed E-state index contributed by atoms with van der Waals surface area (Å²) in [7, 11) is 3.77. The van der Waals surface area contributed by atoms with E-state index in [0.717, 1.165) is 24.9 Å². The molecule has 0 bridgehead atoms. The zero-order chi connectivity index (χ0) is 26.8. The van der Waals surface area contributed by atoms with Gasteiger partial charge in [-0.1, -0.05) is 78.5 Å². The van der Waals surface area contributed by atoms with Gasteiger partial charge in [-0.2, -0.15) is 0 Å². The monoisotopic (exact) mass is 541 g/mol. The van der Waals surface area contributed by atoms with Gasteiger partial charge in [0.25, 0.3) is 5.91 Å². The lowest BCUT2D eigenvalue weighted by atomic mass is 9.79. The molecule has 0 aliphatic heterocycles. The van der Waals surface area contributed by atoms with Crippen LogP contribution in [0.2, 0.25) is 10.0 Å². The third-order valence-electron chi connectivity index (χ3n) is 7.29. The first-order valence-corrected chi connectivity index (χ1v) is 13.5. The normalized spacial score (nSPS) is 15.1. The number of benzene rings is 2. The largest absolute Gasteiger partial charge is 0.380 e. The summed E-state index contributed by atoms with van der Waals surface area (Å²) in [6.45, 7) is 5.52. The number of nitrogens with zero attached hydrogens (tertiary/aromatic N) is 2. The molecule has 0 unspecified atom stereocenters. The molecule has 2 aromatic rings. The van der Waals surface area contributed by atoms with Gasteiger partial charge in [0.1, 0.15) is 5.57 Å². The second kappa shape index (κ2) is 13.8. The van der Waals surface area contributed by atoms with Gasteiger partial charge >= 0.3 is 0 Å². The van der Waals surface area contributed by atoms with Crippen molar-refractivity contribution in [1.82, 2.24) is 15.5 Å². The van der Waals surface area contributed by atoms with Crippen LogP contribution >= 0.6 is 23.2 Å². The highest BCUT2D eigenvalue weighted by atomic mass is 35.5. The summed E-state index contributed by atoms with van der Waals surface area (Å²) in [6, 6.07) is 15.1. The van der Waals surface area contributed by atoms with Crippen molar-refractivity contribution in [1.29, 1.82) is 5.41 Å². The maximum absolute atomic E-state index is 13.9. The van der Waals surface area contributed by atoms with Crippen molar-refractivity contribution in [3.8, 4) is 0 Å². The number of likely N-dealkylation sites (N-methyl/N-ethyl adjacent to an activating group) is 1. The molecule has 0 spiro atoms. The van der Waals surface area contributed by atoms with Crippen LogP contribution in [-0.2, 0) is 11.3 Å². The molecular weight excluding hydrogens is 505 g/mol. The number of hydrogen-bond donors (Lipinski definition) is 3. The van der Waals surface area contributed by atoms with Crippen molar-refractivity contribution in [2.24, 2.45) is 10.4 Å². The summed E-state index contributed by atoms with van der Waals surface area (Å²) < 4.78 is 0. The van der Waals surface area contributed by atoms with Gasteiger partial charge in [0.15, 0.2) is 5.84 Å². The van der Waals surface area contributed by atoms with Crippen molar-refractivity contribution in [3.05, 3.63) is 75.3 Å². The minimum Gasteiger partial charge on any atom is -0.380 e.